The van der Waals surface area contributed by atoms with Crippen LogP contribution in [0.2, 0.25) is 0 Å². The van der Waals surface area contributed by atoms with Crippen LogP contribution in [0.4, 0.5) is 0 Å². The van der Waals surface area contributed by atoms with Crippen molar-refractivity contribution in [1.82, 2.24) is 0 Å². The third-order valence-electron chi connectivity index (χ3n) is 1.48. The average molecular weight is 164 g/mol. The lowest BCUT2D eigenvalue weighted by Gasteiger charge is -2.25. The zero-order chi connectivity index (χ0) is 8.85. The Balaban J connectivity index is 3.98. The van der Waals surface area contributed by atoms with E-state index in [4.69, 9.17) is 19.3 Å². The first-order chi connectivity index (χ1) is 5.17. The van der Waals surface area contributed by atoms with Crippen molar-refractivity contribution < 1.29 is 19.3 Å². The van der Waals surface area contributed by atoms with Crippen LogP contribution in [0.25, 0.3) is 0 Å². The van der Waals surface area contributed by atoms with Gasteiger partial charge < -0.3 is 19.3 Å². The van der Waals surface area contributed by atoms with Gasteiger partial charge in [-0.3, -0.25) is 0 Å². The Morgan fingerprint density at radius 3 is 1.55 bits per heavy atom. The minimum absolute atomic E-state index is 0.440. The highest BCUT2D eigenvalue weighted by atomic mass is 16.7. The van der Waals surface area contributed by atoms with Gasteiger partial charge in [0.05, 0.1) is 6.10 Å². The van der Waals surface area contributed by atoms with Crippen molar-refractivity contribution in [1.29, 1.82) is 0 Å². The maximum absolute atomic E-state index is 9.16. The van der Waals surface area contributed by atoms with Crippen LogP contribution in [-0.4, -0.2) is 44.9 Å². The zero-order valence-electron chi connectivity index (χ0n) is 7.40. The van der Waals surface area contributed by atoms with E-state index < -0.39 is 18.5 Å². The SMILES string of the molecule is COC(OC)C(OC)C(C)O. The van der Waals surface area contributed by atoms with Crippen LogP contribution in [0, 0.1) is 0 Å². The fourth-order valence-corrected chi connectivity index (χ4v) is 0.900. The second-order valence-corrected chi connectivity index (χ2v) is 2.28. The summed E-state index contributed by atoms with van der Waals surface area (Å²) < 4.78 is 14.8. The summed E-state index contributed by atoms with van der Waals surface area (Å²) in [5.41, 5.74) is 0. The maximum Gasteiger partial charge on any atom is 0.185 e. The molecule has 0 aromatic carbocycles. The van der Waals surface area contributed by atoms with Gasteiger partial charge in [-0.05, 0) is 6.92 Å². The molecule has 0 heterocycles. The van der Waals surface area contributed by atoms with Crippen molar-refractivity contribution in [3.05, 3.63) is 0 Å². The highest BCUT2D eigenvalue weighted by Gasteiger charge is 2.24. The molecule has 0 amide bonds. The van der Waals surface area contributed by atoms with Crippen LogP contribution in [-0.2, 0) is 14.2 Å². The first kappa shape index (κ1) is 10.8. The molecular formula is C7H16O4. The van der Waals surface area contributed by atoms with Crippen molar-refractivity contribution in [3.63, 3.8) is 0 Å². The Labute approximate surface area is 67.1 Å². The maximum atomic E-state index is 9.16. The number of methoxy groups -OCH3 is 3. The molecule has 0 fully saturated rings. The molecule has 0 aliphatic rings. The third-order valence-corrected chi connectivity index (χ3v) is 1.48. The molecule has 0 aromatic rings. The number of aliphatic hydroxyl groups excluding tert-OH is 1. The van der Waals surface area contributed by atoms with E-state index in [2.05, 4.69) is 0 Å². The van der Waals surface area contributed by atoms with E-state index in [1.807, 2.05) is 0 Å². The van der Waals surface area contributed by atoms with E-state index in [1.54, 1.807) is 6.92 Å². The first-order valence-electron chi connectivity index (χ1n) is 3.43. The van der Waals surface area contributed by atoms with Crippen LogP contribution in [0.15, 0.2) is 0 Å². The summed E-state index contributed by atoms with van der Waals surface area (Å²) in [6.07, 6.45) is -1.56. The van der Waals surface area contributed by atoms with Crippen LogP contribution in [0.5, 0.6) is 0 Å². The lowest BCUT2D eigenvalue weighted by Crippen LogP contribution is -2.39. The number of hydrogen-bond donors (Lipinski definition) is 1. The summed E-state index contributed by atoms with van der Waals surface area (Å²) in [5.74, 6) is 0. The lowest BCUT2D eigenvalue weighted by atomic mass is 10.2. The Morgan fingerprint density at radius 2 is 1.45 bits per heavy atom. The van der Waals surface area contributed by atoms with Gasteiger partial charge in [-0.2, -0.15) is 0 Å². The fourth-order valence-electron chi connectivity index (χ4n) is 0.900. The van der Waals surface area contributed by atoms with Gasteiger partial charge in [-0.25, -0.2) is 0 Å². The van der Waals surface area contributed by atoms with Gasteiger partial charge in [0.1, 0.15) is 6.10 Å². The molecule has 0 spiro atoms. The second-order valence-electron chi connectivity index (χ2n) is 2.28. The van der Waals surface area contributed by atoms with Crippen molar-refractivity contribution in [3.8, 4) is 0 Å². The molecule has 0 rings (SSSR count). The molecule has 0 radical (unpaired) electrons. The van der Waals surface area contributed by atoms with Gasteiger partial charge in [0.15, 0.2) is 6.29 Å². The van der Waals surface area contributed by atoms with E-state index in [0.717, 1.165) is 0 Å². The molecule has 1 N–H and O–H groups in total. The van der Waals surface area contributed by atoms with Gasteiger partial charge in [0.2, 0.25) is 0 Å². The van der Waals surface area contributed by atoms with E-state index in [9.17, 15) is 0 Å². The highest BCUT2D eigenvalue weighted by molar-refractivity contribution is 4.67. The number of aliphatic hydroxyl groups is 1. The Bertz CT molecular complexity index is 90.4. The molecule has 2 unspecified atom stereocenters. The molecule has 4 nitrogen and oxygen atoms in total. The van der Waals surface area contributed by atoms with Crippen LogP contribution in [0.1, 0.15) is 6.92 Å². The first-order valence-corrected chi connectivity index (χ1v) is 3.43. The zero-order valence-corrected chi connectivity index (χ0v) is 7.40. The van der Waals surface area contributed by atoms with Gasteiger partial charge in [-0.15, -0.1) is 0 Å². The number of ether oxygens (including phenoxy) is 3. The molecule has 0 saturated heterocycles. The molecule has 68 valence electrons. The summed E-state index contributed by atoms with van der Waals surface area (Å²) in [4.78, 5) is 0. The molecule has 0 saturated carbocycles. The minimum Gasteiger partial charge on any atom is -0.391 e. The predicted octanol–water partition coefficient (Wildman–Crippen LogP) is 0.00110. The van der Waals surface area contributed by atoms with Crippen molar-refractivity contribution in [2.45, 2.75) is 25.4 Å². The summed E-state index contributed by atoms with van der Waals surface area (Å²) >= 11 is 0. The standard InChI is InChI=1S/C7H16O4/c1-5(8)6(9-2)7(10-3)11-4/h5-8H,1-4H3. The molecule has 0 aliphatic carbocycles. The Kier molecular flexibility index (Phi) is 5.41. The quantitative estimate of drug-likeness (QED) is 0.581. The highest BCUT2D eigenvalue weighted by Crippen LogP contribution is 2.07. The molecule has 0 bridgehead atoms. The summed E-state index contributed by atoms with van der Waals surface area (Å²) in [6.45, 7) is 1.62. The van der Waals surface area contributed by atoms with Crippen LogP contribution < -0.4 is 0 Å². The van der Waals surface area contributed by atoms with Crippen molar-refractivity contribution in [2.75, 3.05) is 21.3 Å². The third kappa shape index (κ3) is 3.16. The van der Waals surface area contributed by atoms with Gasteiger partial charge in [0, 0.05) is 21.3 Å². The minimum atomic E-state index is -0.607. The molecule has 0 aromatic heterocycles. The average Bonchev–Trinajstić information content (AvgIpc) is 1.99. The van der Waals surface area contributed by atoms with E-state index in [1.165, 1.54) is 21.3 Å². The molecular weight excluding hydrogens is 148 g/mol. The fraction of sp³-hybridized carbons (Fsp3) is 1.00. The van der Waals surface area contributed by atoms with E-state index >= 15 is 0 Å². The van der Waals surface area contributed by atoms with E-state index in [-0.39, 0.29) is 0 Å². The smallest absolute Gasteiger partial charge is 0.185 e. The van der Waals surface area contributed by atoms with E-state index in [0.29, 0.717) is 0 Å². The van der Waals surface area contributed by atoms with Crippen LogP contribution in [0.3, 0.4) is 0 Å². The summed E-state index contributed by atoms with van der Waals surface area (Å²) in [5, 5.41) is 9.16. The van der Waals surface area contributed by atoms with Crippen molar-refractivity contribution in [2.24, 2.45) is 0 Å². The molecule has 4 heteroatoms. The molecule has 11 heavy (non-hydrogen) atoms. The monoisotopic (exact) mass is 164 g/mol. The Hall–Kier alpha value is -0.160. The molecule has 2 atom stereocenters. The normalized spacial score (nSPS) is 16.9. The summed E-state index contributed by atoms with van der Waals surface area (Å²) in [6, 6.07) is 0. The largest absolute Gasteiger partial charge is 0.391 e. The molecule has 0 aliphatic heterocycles. The predicted molar refractivity (Wildman–Crippen MR) is 40.3 cm³/mol. The number of hydrogen-bond acceptors (Lipinski definition) is 4. The summed E-state index contributed by atoms with van der Waals surface area (Å²) in [7, 11) is 4.51. The van der Waals surface area contributed by atoms with Gasteiger partial charge >= 0.3 is 0 Å². The second kappa shape index (κ2) is 5.49. The van der Waals surface area contributed by atoms with Crippen molar-refractivity contribution >= 4 is 0 Å². The topological polar surface area (TPSA) is 47.9 Å². The Morgan fingerprint density at radius 1 is 1.00 bits per heavy atom. The van der Waals surface area contributed by atoms with Crippen LogP contribution >= 0.6 is 0 Å². The van der Waals surface area contributed by atoms with Gasteiger partial charge in [-0.1, -0.05) is 0 Å². The van der Waals surface area contributed by atoms with Gasteiger partial charge in [0.25, 0.3) is 0 Å². The number of rotatable bonds is 5. The lowest BCUT2D eigenvalue weighted by molar-refractivity contribution is -0.197.